The van der Waals surface area contributed by atoms with Gasteiger partial charge in [0.25, 0.3) is 0 Å². The molecule has 1 aliphatic rings. The maximum absolute atomic E-state index is 10.5. The lowest BCUT2D eigenvalue weighted by Gasteiger charge is -2.27. The summed E-state index contributed by atoms with van der Waals surface area (Å²) in [5, 5.41) is 10.5. The van der Waals surface area contributed by atoms with Crippen molar-refractivity contribution in [3.63, 3.8) is 0 Å². The van der Waals surface area contributed by atoms with Crippen LogP contribution >= 0.6 is 0 Å². The highest BCUT2D eigenvalue weighted by Crippen LogP contribution is 2.34. The summed E-state index contributed by atoms with van der Waals surface area (Å²) >= 11 is 0. The molecule has 0 radical (unpaired) electrons. The fraction of sp³-hybridized carbons (Fsp3) is 0.389. The monoisotopic (exact) mass is 297 g/mol. The Morgan fingerprint density at radius 3 is 2.55 bits per heavy atom. The molecule has 4 heteroatoms. The summed E-state index contributed by atoms with van der Waals surface area (Å²) < 4.78 is 0. The van der Waals surface area contributed by atoms with Crippen LogP contribution in [-0.2, 0) is 13.0 Å². The first-order valence-corrected chi connectivity index (χ1v) is 7.64. The van der Waals surface area contributed by atoms with Gasteiger partial charge in [-0.25, -0.2) is 4.98 Å². The highest BCUT2D eigenvalue weighted by atomic mass is 16.3. The summed E-state index contributed by atoms with van der Waals surface area (Å²) in [7, 11) is 6.04. The Labute approximate surface area is 132 Å². The quantitative estimate of drug-likeness (QED) is 0.939. The van der Waals surface area contributed by atoms with Crippen molar-refractivity contribution < 1.29 is 5.11 Å². The van der Waals surface area contributed by atoms with Gasteiger partial charge < -0.3 is 10.0 Å². The predicted molar refractivity (Wildman–Crippen MR) is 88.9 cm³/mol. The van der Waals surface area contributed by atoms with Crippen LogP contribution in [0.15, 0.2) is 42.6 Å². The van der Waals surface area contributed by atoms with Crippen molar-refractivity contribution in [1.29, 1.82) is 0 Å². The third kappa shape index (κ3) is 2.85. The molecule has 3 rings (SSSR count). The molecule has 116 valence electrons. The van der Waals surface area contributed by atoms with E-state index in [0.29, 0.717) is 0 Å². The Hall–Kier alpha value is -1.91. The van der Waals surface area contributed by atoms with Gasteiger partial charge in [0, 0.05) is 32.9 Å². The molecule has 1 aliphatic carbocycles. The molecule has 0 unspecified atom stereocenters. The highest BCUT2D eigenvalue weighted by molar-refractivity contribution is 5.38. The number of hydrogen-bond donors (Lipinski definition) is 1. The predicted octanol–water partition coefficient (Wildman–Crippen LogP) is 2.24. The Kier molecular flexibility index (Phi) is 4.14. The number of fused-ring (bicyclic) bond motifs is 1. The van der Waals surface area contributed by atoms with Crippen LogP contribution in [0.4, 0.5) is 5.82 Å². The lowest BCUT2D eigenvalue weighted by molar-refractivity contribution is 0.0721. The fourth-order valence-electron chi connectivity index (χ4n) is 3.13. The van der Waals surface area contributed by atoms with E-state index in [1.165, 1.54) is 5.56 Å². The van der Waals surface area contributed by atoms with Gasteiger partial charge in [0.1, 0.15) is 5.82 Å². The molecule has 0 saturated carbocycles. The zero-order chi connectivity index (χ0) is 15.7. The Bertz CT molecular complexity index is 639. The molecule has 0 amide bonds. The van der Waals surface area contributed by atoms with E-state index in [0.717, 1.165) is 29.9 Å². The van der Waals surface area contributed by atoms with Crippen LogP contribution in [0.5, 0.6) is 0 Å². The van der Waals surface area contributed by atoms with Crippen molar-refractivity contribution in [1.82, 2.24) is 9.88 Å². The van der Waals surface area contributed by atoms with E-state index < -0.39 is 6.10 Å². The van der Waals surface area contributed by atoms with E-state index in [4.69, 9.17) is 0 Å². The Balaban J connectivity index is 1.69. The molecule has 0 fully saturated rings. The van der Waals surface area contributed by atoms with E-state index in [1.54, 1.807) is 0 Å². The second-order valence-electron chi connectivity index (χ2n) is 6.25. The van der Waals surface area contributed by atoms with Crippen LogP contribution in [-0.4, -0.2) is 42.2 Å². The van der Waals surface area contributed by atoms with Crippen molar-refractivity contribution in [2.45, 2.75) is 25.1 Å². The smallest absolute Gasteiger partial charge is 0.127 e. The van der Waals surface area contributed by atoms with Crippen LogP contribution in [0.3, 0.4) is 0 Å². The SMILES string of the molecule is CN(C)c1ccc(CN(C)[C@@H]2Cc3ccccc3[C@@H]2O)cn1. The number of rotatable bonds is 4. The van der Waals surface area contributed by atoms with Crippen molar-refractivity contribution in [3.8, 4) is 0 Å². The molecule has 1 aromatic heterocycles. The van der Waals surface area contributed by atoms with Crippen LogP contribution in [0.25, 0.3) is 0 Å². The van der Waals surface area contributed by atoms with Crippen molar-refractivity contribution in [2.75, 3.05) is 26.0 Å². The largest absolute Gasteiger partial charge is 0.387 e. The standard InChI is InChI=1S/C18H23N3O/c1-20(2)17-9-8-13(11-19-17)12-21(3)16-10-14-6-4-5-7-15(14)18(16)22/h4-9,11,16,18,22H,10,12H2,1-3H3/t16-,18+/m1/s1. The normalized spacial score (nSPS) is 20.2. The van der Waals surface area contributed by atoms with Crippen LogP contribution in [0.1, 0.15) is 22.8 Å². The van der Waals surface area contributed by atoms with Crippen molar-refractivity contribution in [3.05, 3.63) is 59.3 Å². The maximum atomic E-state index is 10.5. The summed E-state index contributed by atoms with van der Waals surface area (Å²) in [5.74, 6) is 0.958. The van der Waals surface area contributed by atoms with Gasteiger partial charge in [0.2, 0.25) is 0 Å². The van der Waals surface area contributed by atoms with E-state index in [-0.39, 0.29) is 6.04 Å². The van der Waals surface area contributed by atoms with Crippen molar-refractivity contribution >= 4 is 5.82 Å². The van der Waals surface area contributed by atoms with Gasteiger partial charge in [0.05, 0.1) is 6.10 Å². The van der Waals surface area contributed by atoms with Gasteiger partial charge in [-0.1, -0.05) is 30.3 Å². The molecule has 4 nitrogen and oxygen atoms in total. The molecule has 0 spiro atoms. The van der Waals surface area contributed by atoms with Crippen LogP contribution in [0, 0.1) is 0 Å². The zero-order valence-electron chi connectivity index (χ0n) is 13.4. The number of aliphatic hydroxyl groups excluding tert-OH is 1. The molecule has 22 heavy (non-hydrogen) atoms. The lowest BCUT2D eigenvalue weighted by Crippen LogP contribution is -2.34. The minimum absolute atomic E-state index is 0.130. The molecule has 1 heterocycles. The number of pyridine rings is 1. The average molecular weight is 297 g/mol. The molecule has 1 N–H and O–H groups in total. The first-order valence-electron chi connectivity index (χ1n) is 7.64. The first kappa shape index (κ1) is 15.0. The zero-order valence-corrected chi connectivity index (χ0v) is 13.4. The topological polar surface area (TPSA) is 39.6 Å². The number of aromatic nitrogens is 1. The molecule has 2 atom stereocenters. The third-order valence-corrected chi connectivity index (χ3v) is 4.43. The van der Waals surface area contributed by atoms with Gasteiger partial charge >= 0.3 is 0 Å². The molecular weight excluding hydrogens is 274 g/mol. The second-order valence-corrected chi connectivity index (χ2v) is 6.25. The summed E-state index contributed by atoms with van der Waals surface area (Å²) in [4.78, 5) is 8.66. The van der Waals surface area contributed by atoms with Gasteiger partial charge in [0.15, 0.2) is 0 Å². The number of nitrogens with zero attached hydrogens (tertiary/aromatic N) is 3. The minimum atomic E-state index is -0.407. The van der Waals surface area contributed by atoms with E-state index >= 15 is 0 Å². The van der Waals surface area contributed by atoms with Gasteiger partial charge in [-0.05, 0) is 36.2 Å². The number of benzene rings is 1. The number of hydrogen-bond acceptors (Lipinski definition) is 4. The molecule has 1 aromatic carbocycles. The van der Waals surface area contributed by atoms with Crippen molar-refractivity contribution in [2.24, 2.45) is 0 Å². The van der Waals surface area contributed by atoms with E-state index in [2.05, 4.69) is 29.1 Å². The van der Waals surface area contributed by atoms with Crippen LogP contribution in [0.2, 0.25) is 0 Å². The molecule has 0 saturated heterocycles. The number of likely N-dealkylation sites (N-methyl/N-ethyl adjacent to an activating group) is 1. The second kappa shape index (κ2) is 6.07. The Morgan fingerprint density at radius 1 is 1.14 bits per heavy atom. The molecular formula is C18H23N3O. The van der Waals surface area contributed by atoms with E-state index in [1.807, 2.05) is 49.5 Å². The number of aliphatic hydroxyl groups is 1. The van der Waals surface area contributed by atoms with Gasteiger partial charge in [-0.15, -0.1) is 0 Å². The van der Waals surface area contributed by atoms with E-state index in [9.17, 15) is 5.11 Å². The molecule has 0 bridgehead atoms. The summed E-state index contributed by atoms with van der Waals surface area (Å²) in [6.07, 6.45) is 2.41. The third-order valence-electron chi connectivity index (χ3n) is 4.43. The summed E-state index contributed by atoms with van der Waals surface area (Å²) in [5.41, 5.74) is 3.49. The fourth-order valence-corrected chi connectivity index (χ4v) is 3.13. The number of anilines is 1. The van der Waals surface area contributed by atoms with Crippen LogP contribution < -0.4 is 4.90 Å². The Morgan fingerprint density at radius 2 is 1.91 bits per heavy atom. The maximum Gasteiger partial charge on any atom is 0.127 e. The minimum Gasteiger partial charge on any atom is -0.387 e. The summed E-state index contributed by atoms with van der Waals surface area (Å²) in [6, 6.07) is 12.4. The molecule has 2 aromatic rings. The molecule has 0 aliphatic heterocycles. The van der Waals surface area contributed by atoms with Gasteiger partial charge in [-0.2, -0.15) is 0 Å². The lowest BCUT2D eigenvalue weighted by atomic mass is 10.1. The first-order chi connectivity index (χ1) is 10.6. The van der Waals surface area contributed by atoms with Gasteiger partial charge in [-0.3, -0.25) is 4.90 Å². The average Bonchev–Trinajstić information content (AvgIpc) is 2.85. The summed E-state index contributed by atoms with van der Waals surface area (Å²) in [6.45, 7) is 0.788. The highest BCUT2D eigenvalue weighted by Gasteiger charge is 2.33.